The minimum atomic E-state index is -3.79. The van der Waals surface area contributed by atoms with Crippen molar-refractivity contribution in [3.05, 3.63) is 76.2 Å². The van der Waals surface area contributed by atoms with Gasteiger partial charge in [0.15, 0.2) is 6.61 Å². The summed E-state index contributed by atoms with van der Waals surface area (Å²) in [7, 11) is -3.79. The number of ketones is 1. The SMILES string of the molecule is Cc1ccc(C(=O)COC(=O)CNS(=O)(=O)/C=C/c2ccccc2)c(C)c1. The number of aryl methyl sites for hydroxylation is 2. The van der Waals surface area contributed by atoms with Gasteiger partial charge in [-0.05, 0) is 31.1 Å². The first-order valence-electron chi connectivity index (χ1n) is 8.26. The van der Waals surface area contributed by atoms with Crippen LogP contribution in [0.3, 0.4) is 0 Å². The molecule has 0 saturated heterocycles. The third kappa shape index (κ3) is 6.80. The van der Waals surface area contributed by atoms with Crippen molar-refractivity contribution in [3.8, 4) is 0 Å². The Morgan fingerprint density at radius 1 is 1.07 bits per heavy atom. The minimum Gasteiger partial charge on any atom is -0.456 e. The Labute approximate surface area is 158 Å². The standard InChI is InChI=1S/C20H21NO5S/c1-15-8-9-18(16(2)12-15)19(22)14-26-20(23)13-21-27(24,25)11-10-17-6-4-3-5-7-17/h3-12,21H,13-14H2,1-2H3/b11-10+. The summed E-state index contributed by atoms with van der Waals surface area (Å²) in [6, 6.07) is 14.2. The molecule has 0 unspecified atom stereocenters. The van der Waals surface area contributed by atoms with Gasteiger partial charge in [-0.25, -0.2) is 13.1 Å². The van der Waals surface area contributed by atoms with E-state index in [-0.39, 0.29) is 5.78 Å². The number of nitrogens with one attached hydrogen (secondary N) is 1. The Morgan fingerprint density at radius 2 is 1.78 bits per heavy atom. The predicted molar refractivity (Wildman–Crippen MR) is 104 cm³/mol. The third-order valence-corrected chi connectivity index (χ3v) is 4.74. The summed E-state index contributed by atoms with van der Waals surface area (Å²) >= 11 is 0. The highest BCUT2D eigenvalue weighted by atomic mass is 32.2. The van der Waals surface area contributed by atoms with Gasteiger partial charge in [0, 0.05) is 11.0 Å². The average Bonchev–Trinajstić information content (AvgIpc) is 2.64. The van der Waals surface area contributed by atoms with Crippen molar-refractivity contribution in [2.75, 3.05) is 13.2 Å². The van der Waals surface area contributed by atoms with E-state index in [1.807, 2.05) is 19.1 Å². The lowest BCUT2D eigenvalue weighted by atomic mass is 10.0. The zero-order valence-electron chi connectivity index (χ0n) is 15.1. The van der Waals surface area contributed by atoms with Crippen LogP contribution in [0, 0.1) is 13.8 Å². The first kappa shape index (κ1) is 20.5. The fourth-order valence-corrected chi connectivity index (χ4v) is 3.09. The lowest BCUT2D eigenvalue weighted by Gasteiger charge is -2.07. The smallest absolute Gasteiger partial charge is 0.321 e. The molecule has 0 radical (unpaired) electrons. The summed E-state index contributed by atoms with van der Waals surface area (Å²) < 4.78 is 30.7. The topological polar surface area (TPSA) is 89.5 Å². The molecular weight excluding hydrogens is 366 g/mol. The lowest BCUT2D eigenvalue weighted by Crippen LogP contribution is -2.30. The van der Waals surface area contributed by atoms with E-state index in [0.717, 1.165) is 16.5 Å². The Hall–Kier alpha value is -2.77. The predicted octanol–water partition coefficient (Wildman–Crippen LogP) is 2.62. The fourth-order valence-electron chi connectivity index (χ4n) is 2.34. The Bertz CT molecular complexity index is 950. The molecule has 27 heavy (non-hydrogen) atoms. The first-order chi connectivity index (χ1) is 12.8. The highest BCUT2D eigenvalue weighted by molar-refractivity contribution is 7.92. The Kier molecular flexibility index (Phi) is 7.04. The normalized spacial score (nSPS) is 11.5. The average molecular weight is 387 g/mol. The molecule has 0 spiro atoms. The number of hydrogen-bond acceptors (Lipinski definition) is 5. The maximum atomic E-state index is 12.1. The van der Waals surface area contributed by atoms with Crippen LogP contribution >= 0.6 is 0 Å². The van der Waals surface area contributed by atoms with Gasteiger partial charge in [0.25, 0.3) is 0 Å². The van der Waals surface area contributed by atoms with Crippen LogP contribution in [0.5, 0.6) is 0 Å². The molecule has 2 aromatic carbocycles. The second-order valence-corrected chi connectivity index (χ2v) is 7.63. The molecule has 7 heteroatoms. The molecule has 0 aliphatic heterocycles. The molecule has 142 valence electrons. The molecule has 0 heterocycles. The van der Waals surface area contributed by atoms with Crippen LogP contribution in [0.4, 0.5) is 0 Å². The fraction of sp³-hybridized carbons (Fsp3) is 0.200. The van der Waals surface area contributed by atoms with E-state index in [2.05, 4.69) is 4.72 Å². The second kappa shape index (κ2) is 9.25. The van der Waals surface area contributed by atoms with Crippen LogP contribution in [0.1, 0.15) is 27.0 Å². The number of carbonyl (C=O) groups is 2. The molecule has 6 nitrogen and oxygen atoms in total. The molecule has 1 N–H and O–H groups in total. The first-order valence-corrected chi connectivity index (χ1v) is 9.80. The molecule has 0 fully saturated rings. The highest BCUT2D eigenvalue weighted by Gasteiger charge is 2.14. The van der Waals surface area contributed by atoms with Gasteiger partial charge in [-0.15, -0.1) is 0 Å². The maximum Gasteiger partial charge on any atom is 0.321 e. The Morgan fingerprint density at radius 3 is 2.44 bits per heavy atom. The number of rotatable bonds is 8. The molecule has 0 saturated carbocycles. The van der Waals surface area contributed by atoms with E-state index in [0.29, 0.717) is 11.1 Å². The molecule has 2 aromatic rings. The van der Waals surface area contributed by atoms with Crippen LogP contribution in [0.25, 0.3) is 6.08 Å². The van der Waals surface area contributed by atoms with E-state index in [1.54, 1.807) is 43.3 Å². The molecule has 2 rings (SSSR count). The number of esters is 1. The van der Waals surface area contributed by atoms with Crippen LogP contribution in [0.2, 0.25) is 0 Å². The van der Waals surface area contributed by atoms with Crippen molar-refractivity contribution in [3.63, 3.8) is 0 Å². The number of hydrogen-bond donors (Lipinski definition) is 1. The van der Waals surface area contributed by atoms with Crippen molar-refractivity contribution in [2.24, 2.45) is 0 Å². The summed E-state index contributed by atoms with van der Waals surface area (Å²) in [5, 5.41) is 0.969. The molecule has 0 atom stereocenters. The van der Waals surface area contributed by atoms with Crippen molar-refractivity contribution in [1.82, 2.24) is 4.72 Å². The Balaban J connectivity index is 1.83. The van der Waals surface area contributed by atoms with Gasteiger partial charge in [0.05, 0.1) is 0 Å². The lowest BCUT2D eigenvalue weighted by molar-refractivity contribution is -0.141. The second-order valence-electron chi connectivity index (χ2n) is 5.98. The van der Waals surface area contributed by atoms with E-state index in [1.165, 1.54) is 6.08 Å². The van der Waals surface area contributed by atoms with Crippen molar-refractivity contribution >= 4 is 27.9 Å². The van der Waals surface area contributed by atoms with Gasteiger partial charge >= 0.3 is 5.97 Å². The number of ether oxygens (including phenoxy) is 1. The summed E-state index contributed by atoms with van der Waals surface area (Å²) in [6.07, 6.45) is 1.41. The van der Waals surface area contributed by atoms with Gasteiger partial charge < -0.3 is 4.74 Å². The number of sulfonamides is 1. The number of Topliss-reactive ketones (excluding diaryl/α,β-unsaturated/α-hetero) is 1. The van der Waals surface area contributed by atoms with Gasteiger partial charge in [0.1, 0.15) is 6.54 Å². The van der Waals surface area contributed by atoms with E-state index in [9.17, 15) is 18.0 Å². The summed E-state index contributed by atoms with van der Waals surface area (Å²) in [5.41, 5.74) is 3.01. The zero-order valence-corrected chi connectivity index (χ0v) is 16.0. The molecule has 0 amide bonds. The van der Waals surface area contributed by atoms with Crippen molar-refractivity contribution in [1.29, 1.82) is 0 Å². The molecule has 0 aromatic heterocycles. The van der Waals surface area contributed by atoms with Gasteiger partial charge in [-0.2, -0.15) is 0 Å². The van der Waals surface area contributed by atoms with Crippen molar-refractivity contribution < 1.29 is 22.7 Å². The minimum absolute atomic E-state index is 0.340. The van der Waals surface area contributed by atoms with Crippen LogP contribution in [-0.2, 0) is 19.6 Å². The monoisotopic (exact) mass is 387 g/mol. The maximum absolute atomic E-state index is 12.1. The summed E-state index contributed by atoms with van der Waals surface area (Å²) in [5.74, 6) is -1.17. The zero-order chi connectivity index (χ0) is 19.9. The van der Waals surface area contributed by atoms with Crippen LogP contribution in [0.15, 0.2) is 53.9 Å². The molecule has 0 aliphatic rings. The number of benzene rings is 2. The van der Waals surface area contributed by atoms with Gasteiger partial charge in [0.2, 0.25) is 15.8 Å². The molecule has 0 bridgehead atoms. The van der Waals surface area contributed by atoms with E-state index >= 15 is 0 Å². The highest BCUT2D eigenvalue weighted by Crippen LogP contribution is 2.11. The summed E-state index contributed by atoms with van der Waals surface area (Å²) in [6.45, 7) is 2.72. The number of carbonyl (C=O) groups excluding carboxylic acids is 2. The van der Waals surface area contributed by atoms with Gasteiger partial charge in [-0.3, -0.25) is 9.59 Å². The quantitative estimate of drug-likeness (QED) is 0.555. The molecule has 0 aliphatic carbocycles. The van der Waals surface area contributed by atoms with Gasteiger partial charge in [-0.1, -0.05) is 54.1 Å². The van der Waals surface area contributed by atoms with Crippen LogP contribution in [-0.4, -0.2) is 33.3 Å². The summed E-state index contributed by atoms with van der Waals surface area (Å²) in [4.78, 5) is 23.8. The largest absolute Gasteiger partial charge is 0.456 e. The van der Waals surface area contributed by atoms with E-state index in [4.69, 9.17) is 4.74 Å². The van der Waals surface area contributed by atoms with Crippen molar-refractivity contribution in [2.45, 2.75) is 13.8 Å². The molecular formula is C20H21NO5S. The third-order valence-electron chi connectivity index (χ3n) is 3.70. The van der Waals surface area contributed by atoms with Crippen LogP contribution < -0.4 is 4.72 Å². The van der Waals surface area contributed by atoms with E-state index < -0.39 is 29.1 Å².